The van der Waals surface area contributed by atoms with Gasteiger partial charge in [-0.3, -0.25) is 0 Å². The van der Waals surface area contributed by atoms with Crippen LogP contribution in [0.3, 0.4) is 0 Å². The van der Waals surface area contributed by atoms with Crippen LogP contribution in [-0.4, -0.2) is 21.3 Å². The molecule has 0 bridgehead atoms. The van der Waals surface area contributed by atoms with Crippen LogP contribution >= 0.6 is 0 Å². The van der Waals surface area contributed by atoms with Crippen LogP contribution in [0.15, 0.2) is 18.2 Å². The van der Waals surface area contributed by atoms with Gasteiger partial charge in [-0.1, -0.05) is 17.7 Å². The lowest BCUT2D eigenvalue weighted by Gasteiger charge is -2.08. The van der Waals surface area contributed by atoms with Gasteiger partial charge in [-0.2, -0.15) is 0 Å². The molecule has 2 aromatic rings. The molecule has 0 saturated carbocycles. The summed E-state index contributed by atoms with van der Waals surface area (Å²) in [5, 5.41) is 9.11. The van der Waals surface area contributed by atoms with E-state index in [2.05, 4.69) is 41.6 Å². The van der Waals surface area contributed by atoms with Crippen LogP contribution in [0, 0.1) is 20.8 Å². The molecule has 3 nitrogen and oxygen atoms in total. The van der Waals surface area contributed by atoms with E-state index in [0.717, 1.165) is 17.2 Å². The molecule has 3 heteroatoms. The average Bonchev–Trinajstić information content (AvgIpc) is 2.61. The highest BCUT2D eigenvalue weighted by Crippen LogP contribution is 2.25. The van der Waals surface area contributed by atoms with Gasteiger partial charge in [0.15, 0.2) is 0 Å². The predicted molar refractivity (Wildman–Crippen MR) is 73.6 cm³/mol. The Morgan fingerprint density at radius 1 is 1.22 bits per heavy atom. The third-order valence-electron chi connectivity index (χ3n) is 3.40. The standard InChI is InChI=1S/C15H20N2O/c1-10-5-6-11(2)13(9-10)15-16-12(3)14(7-8-18)17(15)4/h5-6,9,18H,7-8H2,1-4H3. The summed E-state index contributed by atoms with van der Waals surface area (Å²) in [7, 11) is 2.02. The zero-order valence-corrected chi connectivity index (χ0v) is 11.5. The minimum Gasteiger partial charge on any atom is -0.396 e. The first-order valence-corrected chi connectivity index (χ1v) is 6.25. The van der Waals surface area contributed by atoms with Crippen molar-refractivity contribution in [3.63, 3.8) is 0 Å². The number of aromatic nitrogens is 2. The van der Waals surface area contributed by atoms with E-state index in [9.17, 15) is 0 Å². The number of hydrogen-bond acceptors (Lipinski definition) is 2. The molecular formula is C15H20N2O. The Morgan fingerprint density at radius 3 is 2.61 bits per heavy atom. The molecule has 2 rings (SSSR count). The Bertz CT molecular complexity index is 570. The van der Waals surface area contributed by atoms with E-state index in [-0.39, 0.29) is 6.61 Å². The number of aryl methyl sites for hydroxylation is 3. The van der Waals surface area contributed by atoms with Crippen LogP contribution in [0.4, 0.5) is 0 Å². The Hall–Kier alpha value is -1.61. The summed E-state index contributed by atoms with van der Waals surface area (Å²) in [5.74, 6) is 0.983. The molecule has 1 N–H and O–H groups in total. The molecule has 0 saturated heterocycles. The summed E-state index contributed by atoms with van der Waals surface area (Å²) in [5.41, 5.74) is 5.74. The van der Waals surface area contributed by atoms with Gasteiger partial charge in [0.2, 0.25) is 0 Å². The molecule has 1 heterocycles. The van der Waals surface area contributed by atoms with Gasteiger partial charge in [0.25, 0.3) is 0 Å². The highest BCUT2D eigenvalue weighted by atomic mass is 16.3. The topological polar surface area (TPSA) is 38.1 Å². The Balaban J connectivity index is 2.57. The third kappa shape index (κ3) is 2.18. The second kappa shape index (κ2) is 4.94. The van der Waals surface area contributed by atoms with E-state index >= 15 is 0 Å². The molecule has 0 amide bonds. The van der Waals surface area contributed by atoms with Crippen molar-refractivity contribution in [3.8, 4) is 11.4 Å². The van der Waals surface area contributed by atoms with Crippen molar-refractivity contribution in [2.75, 3.05) is 6.61 Å². The highest BCUT2D eigenvalue weighted by molar-refractivity contribution is 5.62. The van der Waals surface area contributed by atoms with E-state index in [0.29, 0.717) is 6.42 Å². The number of nitrogens with zero attached hydrogens (tertiary/aromatic N) is 2. The van der Waals surface area contributed by atoms with Gasteiger partial charge in [0, 0.05) is 31.3 Å². The van der Waals surface area contributed by atoms with Crippen LogP contribution < -0.4 is 0 Å². The first-order valence-electron chi connectivity index (χ1n) is 6.25. The van der Waals surface area contributed by atoms with E-state index in [1.165, 1.54) is 16.7 Å². The predicted octanol–water partition coefficient (Wildman–Crippen LogP) is 2.55. The van der Waals surface area contributed by atoms with Crippen LogP contribution in [0.2, 0.25) is 0 Å². The lowest BCUT2D eigenvalue weighted by Crippen LogP contribution is -2.02. The van der Waals surface area contributed by atoms with Crippen molar-refractivity contribution in [1.82, 2.24) is 9.55 Å². The van der Waals surface area contributed by atoms with Crippen LogP contribution in [0.5, 0.6) is 0 Å². The van der Waals surface area contributed by atoms with Crippen molar-refractivity contribution < 1.29 is 5.11 Å². The first kappa shape index (κ1) is 12.8. The van der Waals surface area contributed by atoms with Gasteiger partial charge in [-0.05, 0) is 32.4 Å². The first-order chi connectivity index (χ1) is 8.54. The average molecular weight is 244 g/mol. The zero-order valence-electron chi connectivity index (χ0n) is 11.5. The molecule has 0 fully saturated rings. The number of rotatable bonds is 3. The van der Waals surface area contributed by atoms with E-state index in [4.69, 9.17) is 5.11 Å². The zero-order chi connectivity index (χ0) is 13.3. The van der Waals surface area contributed by atoms with Crippen molar-refractivity contribution in [3.05, 3.63) is 40.7 Å². The molecular weight excluding hydrogens is 224 g/mol. The Morgan fingerprint density at radius 2 is 1.94 bits per heavy atom. The molecule has 0 aliphatic carbocycles. The van der Waals surface area contributed by atoms with Crippen molar-refractivity contribution in [1.29, 1.82) is 0 Å². The number of aliphatic hydroxyl groups excluding tert-OH is 1. The normalized spacial score (nSPS) is 10.9. The van der Waals surface area contributed by atoms with Gasteiger partial charge in [-0.15, -0.1) is 0 Å². The van der Waals surface area contributed by atoms with Gasteiger partial charge in [-0.25, -0.2) is 4.98 Å². The molecule has 96 valence electrons. The summed E-state index contributed by atoms with van der Waals surface area (Å²) in [4.78, 5) is 4.65. The monoisotopic (exact) mass is 244 g/mol. The number of benzene rings is 1. The molecule has 0 atom stereocenters. The number of aliphatic hydroxyl groups is 1. The molecule has 18 heavy (non-hydrogen) atoms. The molecule has 0 unspecified atom stereocenters. The van der Waals surface area contributed by atoms with E-state index < -0.39 is 0 Å². The van der Waals surface area contributed by atoms with E-state index in [1.54, 1.807) is 0 Å². The fraction of sp³-hybridized carbons (Fsp3) is 0.400. The third-order valence-corrected chi connectivity index (χ3v) is 3.40. The lowest BCUT2D eigenvalue weighted by molar-refractivity contribution is 0.296. The van der Waals surface area contributed by atoms with Crippen molar-refractivity contribution >= 4 is 0 Å². The van der Waals surface area contributed by atoms with Crippen LogP contribution in [-0.2, 0) is 13.5 Å². The summed E-state index contributed by atoms with van der Waals surface area (Å²) < 4.78 is 2.09. The Kier molecular flexibility index (Phi) is 3.53. The van der Waals surface area contributed by atoms with Crippen molar-refractivity contribution in [2.45, 2.75) is 27.2 Å². The summed E-state index contributed by atoms with van der Waals surface area (Å²) in [6.45, 7) is 6.35. The summed E-state index contributed by atoms with van der Waals surface area (Å²) in [6, 6.07) is 6.41. The second-order valence-corrected chi connectivity index (χ2v) is 4.82. The summed E-state index contributed by atoms with van der Waals surface area (Å²) in [6.07, 6.45) is 0.653. The van der Waals surface area contributed by atoms with Crippen LogP contribution in [0.25, 0.3) is 11.4 Å². The van der Waals surface area contributed by atoms with Gasteiger partial charge in [0.1, 0.15) is 5.82 Å². The SMILES string of the molecule is Cc1ccc(C)c(-c2nc(C)c(CCO)n2C)c1. The summed E-state index contributed by atoms with van der Waals surface area (Å²) >= 11 is 0. The quantitative estimate of drug-likeness (QED) is 0.901. The second-order valence-electron chi connectivity index (χ2n) is 4.82. The minimum absolute atomic E-state index is 0.159. The Labute approximate surface area is 108 Å². The minimum atomic E-state index is 0.159. The molecule has 0 radical (unpaired) electrons. The fourth-order valence-electron chi connectivity index (χ4n) is 2.34. The lowest BCUT2D eigenvalue weighted by atomic mass is 10.1. The van der Waals surface area contributed by atoms with Gasteiger partial charge in [0.05, 0.1) is 5.69 Å². The molecule has 0 aliphatic heterocycles. The molecule has 0 spiro atoms. The van der Waals surface area contributed by atoms with E-state index in [1.807, 2.05) is 14.0 Å². The maximum Gasteiger partial charge on any atom is 0.140 e. The smallest absolute Gasteiger partial charge is 0.140 e. The van der Waals surface area contributed by atoms with Crippen LogP contribution in [0.1, 0.15) is 22.5 Å². The maximum atomic E-state index is 9.11. The van der Waals surface area contributed by atoms with Gasteiger partial charge >= 0.3 is 0 Å². The highest BCUT2D eigenvalue weighted by Gasteiger charge is 2.14. The maximum absolute atomic E-state index is 9.11. The fourth-order valence-corrected chi connectivity index (χ4v) is 2.34. The molecule has 1 aromatic carbocycles. The number of imidazole rings is 1. The van der Waals surface area contributed by atoms with Gasteiger partial charge < -0.3 is 9.67 Å². The molecule has 0 aliphatic rings. The number of hydrogen-bond donors (Lipinski definition) is 1. The van der Waals surface area contributed by atoms with Crippen molar-refractivity contribution in [2.24, 2.45) is 7.05 Å². The largest absolute Gasteiger partial charge is 0.396 e. The molecule has 1 aromatic heterocycles.